The van der Waals surface area contributed by atoms with Gasteiger partial charge in [-0.2, -0.15) is 0 Å². The molecule has 0 spiro atoms. The molecule has 0 radical (unpaired) electrons. The minimum absolute atomic E-state index is 0.0871. The smallest absolute Gasteiger partial charge is 0.335 e. The summed E-state index contributed by atoms with van der Waals surface area (Å²) >= 11 is 0. The number of carboxylic acids is 1. The SMILES string of the molecule is Cn1cc(-c2ccc(C(=O)O)cc2)c2cc[nH]c2c1=O. The van der Waals surface area contributed by atoms with E-state index in [2.05, 4.69) is 4.98 Å². The van der Waals surface area contributed by atoms with Crippen molar-refractivity contribution in [3.05, 3.63) is 58.6 Å². The molecule has 0 atom stereocenters. The van der Waals surface area contributed by atoms with Crippen LogP contribution < -0.4 is 5.56 Å². The molecule has 0 unspecified atom stereocenters. The highest BCUT2D eigenvalue weighted by atomic mass is 16.4. The number of benzene rings is 1. The molecular formula is C15H12N2O3. The molecule has 5 heteroatoms. The van der Waals surface area contributed by atoms with Crippen LogP contribution in [0.3, 0.4) is 0 Å². The van der Waals surface area contributed by atoms with Gasteiger partial charge >= 0.3 is 5.97 Å². The van der Waals surface area contributed by atoms with Gasteiger partial charge in [0.05, 0.1) is 5.56 Å². The number of nitrogens with zero attached hydrogens (tertiary/aromatic N) is 1. The lowest BCUT2D eigenvalue weighted by Gasteiger charge is -2.07. The van der Waals surface area contributed by atoms with Crippen LogP contribution >= 0.6 is 0 Å². The number of carboxylic acid groups (broad SMARTS) is 1. The van der Waals surface area contributed by atoms with Crippen molar-refractivity contribution in [2.75, 3.05) is 0 Å². The molecule has 3 rings (SSSR count). The first-order chi connectivity index (χ1) is 9.58. The van der Waals surface area contributed by atoms with Crippen molar-refractivity contribution in [2.24, 2.45) is 7.05 Å². The van der Waals surface area contributed by atoms with Gasteiger partial charge in [-0.3, -0.25) is 4.79 Å². The lowest BCUT2D eigenvalue weighted by Crippen LogP contribution is -2.16. The highest BCUT2D eigenvalue weighted by molar-refractivity contribution is 5.95. The second-order valence-corrected chi connectivity index (χ2v) is 4.61. The molecule has 0 aliphatic heterocycles. The van der Waals surface area contributed by atoms with Crippen molar-refractivity contribution in [2.45, 2.75) is 0 Å². The van der Waals surface area contributed by atoms with E-state index in [1.807, 2.05) is 6.07 Å². The van der Waals surface area contributed by atoms with Crippen LogP contribution in [0.15, 0.2) is 47.5 Å². The Balaban J connectivity index is 2.24. The summed E-state index contributed by atoms with van der Waals surface area (Å²) in [6.45, 7) is 0. The molecular weight excluding hydrogens is 256 g/mol. The van der Waals surface area contributed by atoms with E-state index in [0.717, 1.165) is 16.5 Å². The second-order valence-electron chi connectivity index (χ2n) is 4.61. The Morgan fingerprint density at radius 2 is 1.90 bits per heavy atom. The molecule has 0 bridgehead atoms. The van der Waals surface area contributed by atoms with Gasteiger partial charge in [-0.1, -0.05) is 12.1 Å². The molecule has 2 N–H and O–H groups in total. The van der Waals surface area contributed by atoms with E-state index >= 15 is 0 Å². The fraction of sp³-hybridized carbons (Fsp3) is 0.0667. The first-order valence-electron chi connectivity index (χ1n) is 6.08. The highest BCUT2D eigenvalue weighted by Crippen LogP contribution is 2.26. The fourth-order valence-corrected chi connectivity index (χ4v) is 2.29. The van der Waals surface area contributed by atoms with Crippen LogP contribution in [0.2, 0.25) is 0 Å². The fourth-order valence-electron chi connectivity index (χ4n) is 2.29. The average molecular weight is 268 g/mol. The van der Waals surface area contributed by atoms with E-state index in [9.17, 15) is 9.59 Å². The van der Waals surface area contributed by atoms with Crippen LogP contribution in [0.5, 0.6) is 0 Å². The Labute approximate surface area is 114 Å². The molecule has 0 aliphatic rings. The maximum atomic E-state index is 12.0. The van der Waals surface area contributed by atoms with Gasteiger partial charge in [0.25, 0.3) is 5.56 Å². The van der Waals surface area contributed by atoms with Gasteiger partial charge in [0.15, 0.2) is 0 Å². The van der Waals surface area contributed by atoms with Gasteiger partial charge in [-0.05, 0) is 23.8 Å². The van der Waals surface area contributed by atoms with Gasteiger partial charge < -0.3 is 14.7 Å². The van der Waals surface area contributed by atoms with Crippen molar-refractivity contribution in [3.63, 3.8) is 0 Å². The lowest BCUT2D eigenvalue weighted by atomic mass is 10.0. The summed E-state index contributed by atoms with van der Waals surface area (Å²) in [5.41, 5.74) is 2.46. The predicted molar refractivity (Wildman–Crippen MR) is 75.9 cm³/mol. The van der Waals surface area contributed by atoms with Crippen LogP contribution in [-0.4, -0.2) is 20.6 Å². The first-order valence-corrected chi connectivity index (χ1v) is 6.08. The number of aromatic carboxylic acids is 1. The molecule has 2 aromatic heterocycles. The lowest BCUT2D eigenvalue weighted by molar-refractivity contribution is 0.0697. The number of carbonyl (C=O) groups is 1. The largest absolute Gasteiger partial charge is 0.478 e. The molecule has 100 valence electrons. The van der Waals surface area contributed by atoms with E-state index in [0.29, 0.717) is 5.52 Å². The maximum Gasteiger partial charge on any atom is 0.335 e. The molecule has 5 nitrogen and oxygen atoms in total. The zero-order chi connectivity index (χ0) is 14.3. The minimum atomic E-state index is -0.955. The van der Waals surface area contributed by atoms with Crippen LogP contribution in [0.25, 0.3) is 22.0 Å². The van der Waals surface area contributed by atoms with E-state index < -0.39 is 5.97 Å². The highest BCUT2D eigenvalue weighted by Gasteiger charge is 2.10. The molecule has 0 fully saturated rings. The quantitative estimate of drug-likeness (QED) is 0.748. The molecule has 3 aromatic rings. The third-order valence-electron chi connectivity index (χ3n) is 3.34. The molecule has 0 amide bonds. The number of hydrogen-bond donors (Lipinski definition) is 2. The van der Waals surface area contributed by atoms with Crippen LogP contribution in [0.1, 0.15) is 10.4 Å². The monoisotopic (exact) mass is 268 g/mol. The number of aromatic amines is 1. The van der Waals surface area contributed by atoms with Gasteiger partial charge in [0.1, 0.15) is 5.52 Å². The summed E-state index contributed by atoms with van der Waals surface area (Å²) in [5.74, 6) is -0.955. The molecule has 0 aliphatic carbocycles. The Hall–Kier alpha value is -2.82. The molecule has 0 saturated carbocycles. The number of fused-ring (bicyclic) bond motifs is 1. The zero-order valence-electron chi connectivity index (χ0n) is 10.8. The summed E-state index contributed by atoms with van der Waals surface area (Å²) in [6, 6.07) is 8.45. The van der Waals surface area contributed by atoms with Gasteiger partial charge in [-0.25, -0.2) is 4.79 Å². The first kappa shape index (κ1) is 12.2. The van der Waals surface area contributed by atoms with E-state index in [-0.39, 0.29) is 11.1 Å². The second kappa shape index (κ2) is 4.38. The van der Waals surface area contributed by atoms with Gasteiger partial charge in [-0.15, -0.1) is 0 Å². The third kappa shape index (κ3) is 1.80. The van der Waals surface area contributed by atoms with Crippen LogP contribution in [-0.2, 0) is 7.05 Å². The number of H-pyrrole nitrogens is 1. The van der Waals surface area contributed by atoms with Crippen molar-refractivity contribution in [3.8, 4) is 11.1 Å². The Morgan fingerprint density at radius 1 is 1.20 bits per heavy atom. The molecule has 2 heterocycles. The van der Waals surface area contributed by atoms with E-state index in [1.165, 1.54) is 4.57 Å². The molecule has 1 aromatic carbocycles. The van der Waals surface area contributed by atoms with Crippen molar-refractivity contribution < 1.29 is 9.90 Å². The van der Waals surface area contributed by atoms with Gasteiger partial charge in [0.2, 0.25) is 0 Å². The number of pyridine rings is 1. The third-order valence-corrected chi connectivity index (χ3v) is 3.34. The zero-order valence-corrected chi connectivity index (χ0v) is 10.8. The number of aromatic nitrogens is 2. The minimum Gasteiger partial charge on any atom is -0.478 e. The molecule has 20 heavy (non-hydrogen) atoms. The van der Waals surface area contributed by atoms with Crippen molar-refractivity contribution in [1.82, 2.24) is 9.55 Å². The summed E-state index contributed by atoms with van der Waals surface area (Å²) < 4.78 is 1.51. The maximum absolute atomic E-state index is 12.0. The van der Waals surface area contributed by atoms with Crippen LogP contribution in [0.4, 0.5) is 0 Å². The number of aryl methyl sites for hydroxylation is 1. The average Bonchev–Trinajstić information content (AvgIpc) is 2.92. The molecule has 0 saturated heterocycles. The summed E-state index contributed by atoms with van der Waals surface area (Å²) in [5, 5.41) is 9.74. The van der Waals surface area contributed by atoms with E-state index in [1.54, 1.807) is 43.7 Å². The van der Waals surface area contributed by atoms with Crippen LogP contribution in [0, 0.1) is 0 Å². The van der Waals surface area contributed by atoms with Gasteiger partial charge in [0, 0.05) is 30.4 Å². The number of hydrogen-bond acceptors (Lipinski definition) is 2. The summed E-state index contributed by atoms with van der Waals surface area (Å²) in [7, 11) is 1.69. The normalized spacial score (nSPS) is 10.8. The van der Waals surface area contributed by atoms with E-state index in [4.69, 9.17) is 5.11 Å². The summed E-state index contributed by atoms with van der Waals surface area (Å²) in [6.07, 6.45) is 3.48. The predicted octanol–water partition coefficient (Wildman–Crippen LogP) is 2.23. The topological polar surface area (TPSA) is 75.1 Å². The number of rotatable bonds is 2. The Bertz CT molecular complexity index is 857. The summed E-state index contributed by atoms with van der Waals surface area (Å²) in [4.78, 5) is 25.8. The number of nitrogens with one attached hydrogen (secondary N) is 1. The Morgan fingerprint density at radius 3 is 2.55 bits per heavy atom. The van der Waals surface area contributed by atoms with Crippen molar-refractivity contribution >= 4 is 16.9 Å². The Kier molecular flexibility index (Phi) is 2.68. The van der Waals surface area contributed by atoms with Crippen molar-refractivity contribution in [1.29, 1.82) is 0 Å². The standard InChI is InChI=1S/C15H12N2O3/c1-17-8-12(11-6-7-16-13(11)14(17)18)9-2-4-10(5-3-9)15(19)20/h2-8,16H,1H3,(H,19,20).